The molecule has 0 saturated carbocycles. The van der Waals surface area contributed by atoms with Crippen LogP contribution >= 0.6 is 0 Å². The molecular formula is C14H23NO10. The Hall–Kier alpha value is -2.24. The van der Waals surface area contributed by atoms with Crippen LogP contribution in [-0.2, 0) is 28.7 Å². The van der Waals surface area contributed by atoms with Gasteiger partial charge in [0, 0.05) is 13.1 Å². The molecule has 11 nitrogen and oxygen atoms in total. The average Bonchev–Trinajstić information content (AvgIpc) is 2.50. The summed E-state index contributed by atoms with van der Waals surface area (Å²) in [6.45, 7) is 2.54. The molecule has 25 heavy (non-hydrogen) atoms. The van der Waals surface area contributed by atoms with Crippen molar-refractivity contribution in [2.75, 3.05) is 26.3 Å². The van der Waals surface area contributed by atoms with Gasteiger partial charge in [-0.3, -0.25) is 14.5 Å². The second-order valence-electron chi connectivity index (χ2n) is 5.20. The number of ether oxygens (including phenoxy) is 2. The van der Waals surface area contributed by atoms with E-state index in [1.54, 1.807) is 0 Å². The highest BCUT2D eigenvalue weighted by Gasteiger charge is 2.24. The molecule has 0 aliphatic heterocycles. The van der Waals surface area contributed by atoms with Gasteiger partial charge in [-0.1, -0.05) is 0 Å². The predicted molar refractivity (Wildman–Crippen MR) is 81.3 cm³/mol. The van der Waals surface area contributed by atoms with Crippen LogP contribution in [-0.4, -0.2) is 93.8 Å². The van der Waals surface area contributed by atoms with Crippen LogP contribution in [0.15, 0.2) is 0 Å². The normalized spacial score (nSPS) is 14.7. The molecule has 11 heteroatoms. The smallest absolute Gasteiger partial charge is 0.333 e. The van der Waals surface area contributed by atoms with Crippen molar-refractivity contribution in [3.8, 4) is 0 Å². The summed E-state index contributed by atoms with van der Waals surface area (Å²) >= 11 is 0. The number of carboxylic acid groups (broad SMARTS) is 4. The van der Waals surface area contributed by atoms with Crippen molar-refractivity contribution in [2.24, 2.45) is 0 Å². The van der Waals surface area contributed by atoms with Crippen molar-refractivity contribution in [2.45, 2.75) is 38.5 Å². The molecule has 0 saturated heterocycles. The molecule has 0 aliphatic carbocycles. The molecule has 4 N–H and O–H groups in total. The van der Waals surface area contributed by atoms with E-state index in [1.165, 1.54) is 18.7 Å². The van der Waals surface area contributed by atoms with Crippen molar-refractivity contribution < 1.29 is 49.1 Å². The molecule has 0 aliphatic rings. The standard InChI is InChI=1S/C14H23NO10/c1-8(12(18)19)15(3-5-24-9(2)13(20)21)4-6-25-10(14(22)23)7-11(16)17/h8-10H,3-7H2,1-2H3,(H,16,17)(H,18,19)(H,20,21)(H,22,23). The molecule has 0 heterocycles. The summed E-state index contributed by atoms with van der Waals surface area (Å²) in [4.78, 5) is 44.6. The third-order valence-corrected chi connectivity index (χ3v) is 3.33. The fourth-order valence-corrected chi connectivity index (χ4v) is 1.76. The van der Waals surface area contributed by atoms with E-state index < -0.39 is 48.5 Å². The van der Waals surface area contributed by atoms with Crippen molar-refractivity contribution in [3.05, 3.63) is 0 Å². The molecule has 0 rings (SSSR count). The Morgan fingerprint density at radius 1 is 0.840 bits per heavy atom. The van der Waals surface area contributed by atoms with Crippen LogP contribution in [0.1, 0.15) is 20.3 Å². The molecule has 0 amide bonds. The molecule has 0 aromatic rings. The lowest BCUT2D eigenvalue weighted by molar-refractivity contribution is -0.157. The minimum Gasteiger partial charge on any atom is -0.481 e. The topological polar surface area (TPSA) is 171 Å². The Labute approximate surface area is 143 Å². The molecule has 0 fully saturated rings. The summed E-state index contributed by atoms with van der Waals surface area (Å²) in [6, 6.07) is -0.949. The third-order valence-electron chi connectivity index (χ3n) is 3.33. The SMILES string of the molecule is CC(OCCN(CCOC(CC(=O)O)C(=O)O)C(C)C(=O)O)C(=O)O. The summed E-state index contributed by atoms with van der Waals surface area (Å²) in [5.41, 5.74) is 0. The number of nitrogens with zero attached hydrogens (tertiary/aromatic N) is 1. The lowest BCUT2D eigenvalue weighted by Crippen LogP contribution is -2.44. The van der Waals surface area contributed by atoms with Gasteiger partial charge in [-0.25, -0.2) is 9.59 Å². The maximum Gasteiger partial charge on any atom is 0.333 e. The van der Waals surface area contributed by atoms with Crippen LogP contribution in [0.4, 0.5) is 0 Å². The molecule has 3 unspecified atom stereocenters. The van der Waals surface area contributed by atoms with Crippen LogP contribution in [0.25, 0.3) is 0 Å². The fourth-order valence-electron chi connectivity index (χ4n) is 1.76. The van der Waals surface area contributed by atoms with Gasteiger partial charge in [0.1, 0.15) is 6.04 Å². The van der Waals surface area contributed by atoms with Gasteiger partial charge in [0.25, 0.3) is 0 Å². The summed E-state index contributed by atoms with van der Waals surface area (Å²) in [5, 5.41) is 35.3. The summed E-state index contributed by atoms with van der Waals surface area (Å²) < 4.78 is 10.0. The number of carboxylic acids is 4. The van der Waals surface area contributed by atoms with Crippen molar-refractivity contribution >= 4 is 23.9 Å². The zero-order chi connectivity index (χ0) is 19.6. The van der Waals surface area contributed by atoms with E-state index in [0.29, 0.717) is 0 Å². The zero-order valence-corrected chi connectivity index (χ0v) is 14.0. The first-order chi connectivity index (χ1) is 11.6. The maximum absolute atomic E-state index is 11.1. The second kappa shape index (κ2) is 11.3. The molecule has 0 aromatic heterocycles. The van der Waals surface area contributed by atoms with Gasteiger partial charge in [0.15, 0.2) is 12.2 Å². The number of hydrogen-bond acceptors (Lipinski definition) is 7. The van der Waals surface area contributed by atoms with Gasteiger partial charge in [-0.05, 0) is 13.8 Å². The highest BCUT2D eigenvalue weighted by Crippen LogP contribution is 2.04. The van der Waals surface area contributed by atoms with Crippen molar-refractivity contribution in [1.29, 1.82) is 0 Å². The number of hydrogen-bond donors (Lipinski definition) is 4. The van der Waals surface area contributed by atoms with Crippen molar-refractivity contribution in [3.63, 3.8) is 0 Å². The first kappa shape index (κ1) is 22.8. The van der Waals surface area contributed by atoms with E-state index in [0.717, 1.165) is 0 Å². The summed E-state index contributed by atoms with van der Waals surface area (Å²) in [7, 11) is 0. The van der Waals surface area contributed by atoms with Crippen molar-refractivity contribution in [1.82, 2.24) is 4.90 Å². The van der Waals surface area contributed by atoms with Crippen LogP contribution in [0.2, 0.25) is 0 Å². The lowest BCUT2D eigenvalue weighted by Gasteiger charge is -2.26. The zero-order valence-electron chi connectivity index (χ0n) is 14.0. The highest BCUT2D eigenvalue weighted by molar-refractivity contribution is 5.79. The predicted octanol–water partition coefficient (Wildman–Crippen LogP) is -0.804. The van der Waals surface area contributed by atoms with Crippen LogP contribution in [0, 0.1) is 0 Å². The van der Waals surface area contributed by atoms with Gasteiger partial charge >= 0.3 is 23.9 Å². The first-order valence-corrected chi connectivity index (χ1v) is 7.43. The second-order valence-corrected chi connectivity index (χ2v) is 5.20. The fraction of sp³-hybridized carbons (Fsp3) is 0.714. The van der Waals surface area contributed by atoms with E-state index in [9.17, 15) is 19.2 Å². The van der Waals surface area contributed by atoms with Crippen LogP contribution in [0.5, 0.6) is 0 Å². The van der Waals surface area contributed by atoms with Gasteiger partial charge in [0.05, 0.1) is 19.6 Å². The van der Waals surface area contributed by atoms with E-state index in [1.807, 2.05) is 0 Å². The Morgan fingerprint density at radius 3 is 1.76 bits per heavy atom. The maximum atomic E-state index is 11.1. The molecule has 0 aromatic carbocycles. The minimum absolute atomic E-state index is 0.00166. The Morgan fingerprint density at radius 2 is 1.36 bits per heavy atom. The average molecular weight is 365 g/mol. The van der Waals surface area contributed by atoms with Gasteiger partial charge in [-0.2, -0.15) is 0 Å². The molecule has 0 bridgehead atoms. The van der Waals surface area contributed by atoms with Crippen LogP contribution < -0.4 is 0 Å². The number of aliphatic carboxylic acids is 4. The van der Waals surface area contributed by atoms with Gasteiger partial charge in [-0.15, -0.1) is 0 Å². The minimum atomic E-state index is -1.54. The Bertz CT molecular complexity index is 480. The third kappa shape index (κ3) is 9.59. The first-order valence-electron chi connectivity index (χ1n) is 7.43. The van der Waals surface area contributed by atoms with Crippen LogP contribution in [0.3, 0.4) is 0 Å². The molecule has 0 radical (unpaired) electrons. The molecule has 3 atom stereocenters. The molecule has 0 spiro atoms. The van der Waals surface area contributed by atoms with Gasteiger partial charge in [0.2, 0.25) is 0 Å². The highest BCUT2D eigenvalue weighted by atomic mass is 16.5. The summed E-state index contributed by atoms with van der Waals surface area (Å²) in [5.74, 6) is -5.05. The van der Waals surface area contributed by atoms with E-state index in [4.69, 9.17) is 29.9 Å². The monoisotopic (exact) mass is 365 g/mol. The number of rotatable bonds is 14. The summed E-state index contributed by atoms with van der Waals surface area (Å²) in [6.07, 6.45) is -3.31. The lowest BCUT2D eigenvalue weighted by atomic mass is 10.2. The molecule has 144 valence electrons. The number of carbonyl (C=O) groups is 4. The quantitative estimate of drug-likeness (QED) is 0.303. The van der Waals surface area contributed by atoms with E-state index in [2.05, 4.69) is 0 Å². The van der Waals surface area contributed by atoms with E-state index >= 15 is 0 Å². The Balaban J connectivity index is 4.58. The molecular weight excluding hydrogens is 342 g/mol. The Kier molecular flexibility index (Phi) is 10.3. The van der Waals surface area contributed by atoms with Gasteiger partial charge < -0.3 is 29.9 Å². The largest absolute Gasteiger partial charge is 0.481 e. The van der Waals surface area contributed by atoms with E-state index in [-0.39, 0.29) is 26.3 Å².